The van der Waals surface area contributed by atoms with Crippen LogP contribution in [-0.4, -0.2) is 49.2 Å². The topological polar surface area (TPSA) is 59.0 Å². The van der Waals surface area contributed by atoms with Crippen LogP contribution in [0, 0.1) is 5.41 Å². The van der Waals surface area contributed by atoms with Crippen molar-refractivity contribution in [3.05, 3.63) is 59.9 Å². The second-order valence-electron chi connectivity index (χ2n) is 7.63. The Hall–Kier alpha value is -1.87. The van der Waals surface area contributed by atoms with Crippen LogP contribution in [0.3, 0.4) is 0 Å². The quantitative estimate of drug-likeness (QED) is 0.381. The fourth-order valence-corrected chi connectivity index (χ4v) is 3.99. The number of hydrogen-bond acceptors (Lipinski definition) is 4. The normalized spacial score (nSPS) is 21.3. The molecule has 6 nitrogen and oxygen atoms in total. The molecule has 0 aliphatic carbocycles. The average molecular weight is 508 g/mol. The summed E-state index contributed by atoms with van der Waals surface area (Å²) < 4.78 is 11.5. The molecule has 29 heavy (non-hydrogen) atoms. The van der Waals surface area contributed by atoms with E-state index in [0.29, 0.717) is 18.6 Å². The monoisotopic (exact) mass is 508 g/mol. The van der Waals surface area contributed by atoms with E-state index < -0.39 is 0 Å². The first kappa shape index (κ1) is 21.8. The summed E-state index contributed by atoms with van der Waals surface area (Å²) in [6, 6.07) is 14.0. The van der Waals surface area contributed by atoms with Crippen molar-refractivity contribution in [2.75, 3.05) is 33.4 Å². The number of halogens is 1. The zero-order valence-electron chi connectivity index (χ0n) is 16.8. The molecule has 1 unspecified atom stereocenters. The van der Waals surface area contributed by atoms with Crippen molar-refractivity contribution in [1.82, 2.24) is 15.2 Å². The van der Waals surface area contributed by atoms with Crippen molar-refractivity contribution in [3.8, 4) is 5.75 Å². The van der Waals surface area contributed by atoms with Gasteiger partial charge in [0.25, 0.3) is 0 Å². The standard InChI is InChI=1S/C22H28N4O2.HI/c1-23-21(26-11-8-22(16-26)9-12-27-17-22)25-14-18-5-4-7-20(13-18)28-15-19-6-2-3-10-24-19;/h2-7,10,13H,8-9,11-12,14-17H2,1H3,(H,23,25);1H. The Morgan fingerprint density at radius 3 is 2.97 bits per heavy atom. The summed E-state index contributed by atoms with van der Waals surface area (Å²) in [5.74, 6) is 1.81. The predicted molar refractivity (Wildman–Crippen MR) is 125 cm³/mol. The van der Waals surface area contributed by atoms with Gasteiger partial charge in [0.1, 0.15) is 12.4 Å². The van der Waals surface area contributed by atoms with Gasteiger partial charge in [0.2, 0.25) is 0 Å². The van der Waals surface area contributed by atoms with E-state index in [1.807, 2.05) is 37.4 Å². The van der Waals surface area contributed by atoms with Gasteiger partial charge < -0.3 is 19.7 Å². The highest BCUT2D eigenvalue weighted by Gasteiger charge is 2.42. The summed E-state index contributed by atoms with van der Waals surface area (Å²) >= 11 is 0. The summed E-state index contributed by atoms with van der Waals surface area (Å²) in [7, 11) is 1.85. The highest BCUT2D eigenvalue weighted by Crippen LogP contribution is 2.38. The number of ether oxygens (including phenoxy) is 2. The Bertz CT molecular complexity index is 809. The minimum Gasteiger partial charge on any atom is -0.487 e. The van der Waals surface area contributed by atoms with Crippen LogP contribution >= 0.6 is 24.0 Å². The SMILES string of the molecule is CN=C(NCc1cccc(OCc2ccccn2)c1)N1CCC2(CCOC2)C1.I. The molecule has 1 aromatic heterocycles. The minimum absolute atomic E-state index is 0. The Morgan fingerprint density at radius 1 is 1.28 bits per heavy atom. The lowest BCUT2D eigenvalue weighted by molar-refractivity contribution is 0.156. The lowest BCUT2D eigenvalue weighted by Gasteiger charge is -2.25. The first-order valence-electron chi connectivity index (χ1n) is 9.91. The van der Waals surface area contributed by atoms with Gasteiger partial charge in [0.15, 0.2) is 5.96 Å². The van der Waals surface area contributed by atoms with E-state index in [9.17, 15) is 0 Å². The van der Waals surface area contributed by atoms with E-state index in [2.05, 4.69) is 32.3 Å². The molecule has 0 radical (unpaired) electrons. The third-order valence-corrected chi connectivity index (χ3v) is 5.60. The largest absolute Gasteiger partial charge is 0.487 e. The molecule has 1 N–H and O–H groups in total. The molecule has 1 atom stereocenters. The highest BCUT2D eigenvalue weighted by atomic mass is 127. The summed E-state index contributed by atoms with van der Waals surface area (Å²) in [5.41, 5.74) is 2.42. The Morgan fingerprint density at radius 2 is 2.21 bits per heavy atom. The number of likely N-dealkylation sites (tertiary alicyclic amines) is 1. The maximum atomic E-state index is 5.88. The van der Waals surface area contributed by atoms with Crippen LogP contribution < -0.4 is 10.1 Å². The van der Waals surface area contributed by atoms with Gasteiger partial charge in [-0.15, -0.1) is 24.0 Å². The molecule has 2 aliphatic rings. The zero-order valence-corrected chi connectivity index (χ0v) is 19.2. The van der Waals surface area contributed by atoms with E-state index in [1.165, 1.54) is 6.42 Å². The van der Waals surface area contributed by atoms with Crippen LogP contribution in [0.25, 0.3) is 0 Å². The number of guanidine groups is 1. The number of nitrogens with zero attached hydrogens (tertiary/aromatic N) is 3. The number of nitrogens with one attached hydrogen (secondary N) is 1. The van der Waals surface area contributed by atoms with Crippen molar-refractivity contribution in [2.24, 2.45) is 10.4 Å². The number of benzene rings is 1. The van der Waals surface area contributed by atoms with Gasteiger partial charge in [0, 0.05) is 44.9 Å². The van der Waals surface area contributed by atoms with Crippen LogP contribution in [0.1, 0.15) is 24.1 Å². The molecule has 7 heteroatoms. The van der Waals surface area contributed by atoms with E-state index in [4.69, 9.17) is 9.47 Å². The molecule has 3 heterocycles. The van der Waals surface area contributed by atoms with Crippen LogP contribution in [0.4, 0.5) is 0 Å². The first-order valence-corrected chi connectivity index (χ1v) is 9.91. The molecular weight excluding hydrogens is 479 g/mol. The van der Waals surface area contributed by atoms with Gasteiger partial charge >= 0.3 is 0 Å². The molecule has 156 valence electrons. The number of rotatable bonds is 5. The summed E-state index contributed by atoms with van der Waals surface area (Å²) in [5, 5.41) is 3.50. The molecule has 2 aromatic rings. The lowest BCUT2D eigenvalue weighted by atomic mass is 9.87. The van der Waals surface area contributed by atoms with Gasteiger partial charge in [-0.05, 0) is 42.7 Å². The molecule has 2 fully saturated rings. The number of aromatic nitrogens is 1. The molecule has 0 saturated carbocycles. The van der Waals surface area contributed by atoms with Crippen LogP contribution in [0.15, 0.2) is 53.7 Å². The maximum Gasteiger partial charge on any atom is 0.193 e. The van der Waals surface area contributed by atoms with Gasteiger partial charge in [0.05, 0.1) is 12.3 Å². The molecule has 4 rings (SSSR count). The van der Waals surface area contributed by atoms with Gasteiger partial charge in [-0.2, -0.15) is 0 Å². The van der Waals surface area contributed by atoms with Crippen LogP contribution in [-0.2, 0) is 17.9 Å². The fourth-order valence-electron chi connectivity index (χ4n) is 3.99. The lowest BCUT2D eigenvalue weighted by Crippen LogP contribution is -2.41. The predicted octanol–water partition coefficient (Wildman–Crippen LogP) is 3.47. The number of hydrogen-bond donors (Lipinski definition) is 1. The number of pyridine rings is 1. The third kappa shape index (κ3) is 5.60. The molecule has 2 aliphatic heterocycles. The van der Waals surface area contributed by atoms with Gasteiger partial charge in [-0.25, -0.2) is 0 Å². The Labute approximate surface area is 189 Å². The molecule has 1 aromatic carbocycles. The van der Waals surface area contributed by atoms with Crippen LogP contribution in [0.5, 0.6) is 5.75 Å². The van der Waals surface area contributed by atoms with Crippen molar-refractivity contribution in [1.29, 1.82) is 0 Å². The van der Waals surface area contributed by atoms with Gasteiger partial charge in [-0.3, -0.25) is 9.98 Å². The average Bonchev–Trinajstić information content (AvgIpc) is 3.38. The molecule has 0 bridgehead atoms. The minimum atomic E-state index is 0. The molecular formula is C22H29IN4O2. The van der Waals surface area contributed by atoms with E-state index in [0.717, 1.165) is 55.7 Å². The second-order valence-corrected chi connectivity index (χ2v) is 7.63. The molecule has 2 saturated heterocycles. The van der Waals surface area contributed by atoms with Crippen molar-refractivity contribution < 1.29 is 9.47 Å². The third-order valence-electron chi connectivity index (χ3n) is 5.60. The van der Waals surface area contributed by atoms with Crippen LogP contribution in [0.2, 0.25) is 0 Å². The summed E-state index contributed by atoms with van der Waals surface area (Å²) in [6.45, 7) is 5.03. The smallest absolute Gasteiger partial charge is 0.193 e. The summed E-state index contributed by atoms with van der Waals surface area (Å²) in [4.78, 5) is 11.1. The van der Waals surface area contributed by atoms with E-state index >= 15 is 0 Å². The zero-order chi connectivity index (χ0) is 19.2. The first-order chi connectivity index (χ1) is 13.8. The Kier molecular flexibility index (Phi) is 7.71. The molecule has 1 spiro atoms. The summed E-state index contributed by atoms with van der Waals surface area (Å²) in [6.07, 6.45) is 4.13. The fraction of sp³-hybridized carbons (Fsp3) is 0.455. The van der Waals surface area contributed by atoms with Crippen molar-refractivity contribution >= 4 is 29.9 Å². The second kappa shape index (κ2) is 10.2. The van der Waals surface area contributed by atoms with Crippen molar-refractivity contribution in [3.63, 3.8) is 0 Å². The maximum absolute atomic E-state index is 5.88. The molecule has 0 amide bonds. The van der Waals surface area contributed by atoms with E-state index in [-0.39, 0.29) is 24.0 Å². The van der Waals surface area contributed by atoms with Crippen molar-refractivity contribution in [2.45, 2.75) is 26.0 Å². The Balaban J connectivity index is 0.00000240. The van der Waals surface area contributed by atoms with Gasteiger partial charge in [-0.1, -0.05) is 18.2 Å². The van der Waals surface area contributed by atoms with E-state index in [1.54, 1.807) is 6.20 Å². The number of aliphatic imine (C=N–C) groups is 1. The highest BCUT2D eigenvalue weighted by molar-refractivity contribution is 14.0.